The Bertz CT molecular complexity index is 598. The maximum absolute atomic E-state index is 4.36. The maximum atomic E-state index is 4.36. The molecular formula is C16H19N3. The van der Waals surface area contributed by atoms with Crippen molar-refractivity contribution < 1.29 is 0 Å². The second-order valence-corrected chi connectivity index (χ2v) is 5.01. The second-order valence-electron chi connectivity index (χ2n) is 5.01. The van der Waals surface area contributed by atoms with Crippen LogP contribution in [0.5, 0.6) is 0 Å². The van der Waals surface area contributed by atoms with Crippen molar-refractivity contribution in [2.75, 3.05) is 19.6 Å². The summed E-state index contributed by atoms with van der Waals surface area (Å²) in [6, 6.07) is 15.1. The van der Waals surface area contributed by atoms with E-state index in [0.717, 1.165) is 25.6 Å². The largest absolute Gasteiger partial charge is 0.356 e. The number of hydrogen-bond acceptors (Lipinski definition) is 3. The van der Waals surface area contributed by atoms with E-state index in [1.807, 2.05) is 0 Å². The minimum absolute atomic E-state index is 0.455. The van der Waals surface area contributed by atoms with Gasteiger partial charge in [-0.2, -0.15) is 0 Å². The van der Waals surface area contributed by atoms with E-state index in [-0.39, 0.29) is 0 Å². The second kappa shape index (κ2) is 5.31. The molecule has 1 heterocycles. The van der Waals surface area contributed by atoms with Crippen LogP contribution in [0.25, 0.3) is 10.8 Å². The Balaban J connectivity index is 1.79. The first kappa shape index (κ1) is 12.0. The van der Waals surface area contributed by atoms with Crippen molar-refractivity contribution in [3.63, 3.8) is 0 Å². The first-order valence-corrected chi connectivity index (χ1v) is 6.84. The van der Waals surface area contributed by atoms with Gasteiger partial charge in [-0.1, -0.05) is 49.4 Å². The van der Waals surface area contributed by atoms with Gasteiger partial charge in [-0.15, -0.1) is 0 Å². The number of rotatable bonds is 3. The van der Waals surface area contributed by atoms with Crippen LogP contribution in [0.2, 0.25) is 0 Å². The average molecular weight is 253 g/mol. The van der Waals surface area contributed by atoms with Gasteiger partial charge >= 0.3 is 0 Å². The van der Waals surface area contributed by atoms with Gasteiger partial charge in [0.15, 0.2) is 5.96 Å². The minimum atomic E-state index is 0.455. The number of fused-ring (bicyclic) bond motifs is 1. The van der Waals surface area contributed by atoms with E-state index >= 15 is 0 Å². The van der Waals surface area contributed by atoms with Gasteiger partial charge < -0.3 is 10.6 Å². The molecule has 0 spiro atoms. The van der Waals surface area contributed by atoms with Crippen molar-refractivity contribution in [2.45, 2.75) is 12.8 Å². The molecule has 0 aliphatic carbocycles. The summed E-state index contributed by atoms with van der Waals surface area (Å²) in [7, 11) is 0. The summed E-state index contributed by atoms with van der Waals surface area (Å²) in [4.78, 5) is 4.36. The molecule has 0 saturated heterocycles. The van der Waals surface area contributed by atoms with Gasteiger partial charge in [0.05, 0.1) is 6.54 Å². The van der Waals surface area contributed by atoms with Gasteiger partial charge in [0.2, 0.25) is 0 Å². The smallest absolute Gasteiger partial charge is 0.191 e. The predicted octanol–water partition coefficient (Wildman–Crippen LogP) is 2.49. The number of nitrogens with one attached hydrogen (secondary N) is 2. The lowest BCUT2D eigenvalue weighted by molar-refractivity contribution is 0.715. The number of aliphatic imine (C=N–C) groups is 1. The first-order chi connectivity index (χ1) is 9.34. The van der Waals surface area contributed by atoms with E-state index in [9.17, 15) is 0 Å². The van der Waals surface area contributed by atoms with Crippen LogP contribution >= 0.6 is 0 Å². The van der Waals surface area contributed by atoms with Gasteiger partial charge in [0, 0.05) is 13.1 Å². The molecule has 0 amide bonds. The van der Waals surface area contributed by atoms with Gasteiger partial charge in [-0.25, -0.2) is 0 Å². The fraction of sp³-hybridized carbons (Fsp3) is 0.312. The molecule has 3 heteroatoms. The molecule has 2 aromatic rings. The van der Waals surface area contributed by atoms with Crippen LogP contribution in [-0.4, -0.2) is 25.6 Å². The molecule has 0 fully saturated rings. The molecule has 2 aromatic carbocycles. The molecule has 1 unspecified atom stereocenters. The van der Waals surface area contributed by atoms with Crippen LogP contribution in [0.1, 0.15) is 18.4 Å². The summed E-state index contributed by atoms with van der Waals surface area (Å²) in [6.07, 6.45) is 0. The minimum Gasteiger partial charge on any atom is -0.356 e. The van der Waals surface area contributed by atoms with Crippen LogP contribution in [0, 0.1) is 0 Å². The molecule has 1 aliphatic rings. The molecule has 0 radical (unpaired) electrons. The molecule has 19 heavy (non-hydrogen) atoms. The highest BCUT2D eigenvalue weighted by atomic mass is 15.2. The van der Waals surface area contributed by atoms with Gasteiger partial charge in [0.25, 0.3) is 0 Å². The molecule has 0 aromatic heterocycles. The molecule has 1 atom stereocenters. The quantitative estimate of drug-likeness (QED) is 0.881. The van der Waals surface area contributed by atoms with Gasteiger partial charge in [0.1, 0.15) is 0 Å². The van der Waals surface area contributed by atoms with E-state index in [4.69, 9.17) is 0 Å². The first-order valence-electron chi connectivity index (χ1n) is 6.84. The van der Waals surface area contributed by atoms with Crippen LogP contribution in [-0.2, 0) is 0 Å². The predicted molar refractivity (Wildman–Crippen MR) is 80.7 cm³/mol. The normalized spacial score (nSPS) is 15.9. The Morgan fingerprint density at radius 1 is 1.21 bits per heavy atom. The molecule has 3 rings (SSSR count). The van der Waals surface area contributed by atoms with Crippen LogP contribution in [0.15, 0.2) is 47.5 Å². The van der Waals surface area contributed by atoms with E-state index in [1.54, 1.807) is 0 Å². The van der Waals surface area contributed by atoms with Crippen molar-refractivity contribution >= 4 is 16.7 Å². The lowest BCUT2D eigenvalue weighted by Crippen LogP contribution is -2.35. The highest BCUT2D eigenvalue weighted by molar-refractivity contribution is 5.86. The summed E-state index contributed by atoms with van der Waals surface area (Å²) in [5.41, 5.74) is 1.39. The molecule has 2 N–H and O–H groups in total. The Morgan fingerprint density at radius 2 is 2.05 bits per heavy atom. The van der Waals surface area contributed by atoms with Crippen LogP contribution < -0.4 is 10.6 Å². The van der Waals surface area contributed by atoms with Crippen molar-refractivity contribution in [2.24, 2.45) is 4.99 Å². The monoisotopic (exact) mass is 253 g/mol. The van der Waals surface area contributed by atoms with E-state index in [1.165, 1.54) is 16.3 Å². The summed E-state index contributed by atoms with van der Waals surface area (Å²) in [6.45, 7) is 4.99. The zero-order valence-electron chi connectivity index (χ0n) is 11.2. The highest BCUT2D eigenvalue weighted by Gasteiger charge is 2.11. The fourth-order valence-electron chi connectivity index (χ4n) is 2.56. The summed E-state index contributed by atoms with van der Waals surface area (Å²) >= 11 is 0. The van der Waals surface area contributed by atoms with Crippen molar-refractivity contribution in [1.29, 1.82) is 0 Å². The van der Waals surface area contributed by atoms with Gasteiger partial charge in [-0.05, 0) is 22.3 Å². The molecule has 0 bridgehead atoms. The van der Waals surface area contributed by atoms with Crippen molar-refractivity contribution in [1.82, 2.24) is 10.6 Å². The van der Waals surface area contributed by atoms with Crippen LogP contribution in [0.3, 0.4) is 0 Å². The maximum Gasteiger partial charge on any atom is 0.191 e. The molecule has 1 aliphatic heterocycles. The summed E-state index contributed by atoms with van der Waals surface area (Å²) < 4.78 is 0. The van der Waals surface area contributed by atoms with E-state index < -0.39 is 0 Å². The molecule has 98 valence electrons. The topological polar surface area (TPSA) is 36.4 Å². The Morgan fingerprint density at radius 3 is 2.89 bits per heavy atom. The fourth-order valence-corrected chi connectivity index (χ4v) is 2.56. The van der Waals surface area contributed by atoms with Crippen molar-refractivity contribution in [3.05, 3.63) is 48.0 Å². The average Bonchev–Trinajstić information content (AvgIpc) is 2.97. The van der Waals surface area contributed by atoms with Crippen molar-refractivity contribution in [3.8, 4) is 0 Å². The Kier molecular flexibility index (Phi) is 3.36. The van der Waals surface area contributed by atoms with E-state index in [2.05, 4.69) is 65.0 Å². The highest BCUT2D eigenvalue weighted by Crippen LogP contribution is 2.24. The number of nitrogens with zero attached hydrogens (tertiary/aromatic N) is 1. The van der Waals surface area contributed by atoms with Crippen LogP contribution in [0.4, 0.5) is 0 Å². The summed E-state index contributed by atoms with van der Waals surface area (Å²) in [5, 5.41) is 9.28. The SMILES string of the molecule is CC(CNC1=NCCN1)c1cccc2ccccc12. The molecule has 3 nitrogen and oxygen atoms in total. The zero-order chi connectivity index (χ0) is 13.1. The third-order valence-electron chi connectivity index (χ3n) is 3.60. The van der Waals surface area contributed by atoms with Gasteiger partial charge in [-0.3, -0.25) is 4.99 Å². The lowest BCUT2D eigenvalue weighted by Gasteiger charge is -2.16. The Labute approximate surface area is 113 Å². The Hall–Kier alpha value is -2.03. The molecule has 0 saturated carbocycles. The zero-order valence-corrected chi connectivity index (χ0v) is 11.2. The number of hydrogen-bond donors (Lipinski definition) is 2. The number of guanidine groups is 1. The lowest BCUT2D eigenvalue weighted by atomic mass is 9.95. The standard InChI is InChI=1S/C16H19N3/c1-12(11-19-16-17-9-10-18-16)14-8-4-6-13-5-2-3-7-15(13)14/h2-8,12H,9-11H2,1H3,(H2,17,18,19). The van der Waals surface area contributed by atoms with E-state index in [0.29, 0.717) is 5.92 Å². The summed E-state index contributed by atoms with van der Waals surface area (Å²) in [5.74, 6) is 1.39. The third-order valence-corrected chi connectivity index (χ3v) is 3.60. The third kappa shape index (κ3) is 2.55. The number of benzene rings is 2. The molecular weight excluding hydrogens is 234 g/mol.